The second-order valence-electron chi connectivity index (χ2n) is 13.5. The van der Waals surface area contributed by atoms with E-state index >= 15 is 0 Å². The van der Waals surface area contributed by atoms with E-state index in [0.717, 1.165) is 16.2 Å². The summed E-state index contributed by atoms with van der Waals surface area (Å²) in [5.41, 5.74) is 5.27. The van der Waals surface area contributed by atoms with Gasteiger partial charge in [-0.2, -0.15) is 0 Å². The average Bonchev–Trinajstić information content (AvgIpc) is 3.55. The molecule has 1 saturated heterocycles. The third-order valence-electron chi connectivity index (χ3n) is 10.3. The third-order valence-corrected chi connectivity index (χ3v) is 11.6. The van der Waals surface area contributed by atoms with Crippen LogP contribution in [0.1, 0.15) is 27.7 Å². The maximum Gasteiger partial charge on any atom is 0.496 e. The van der Waals surface area contributed by atoms with Crippen molar-refractivity contribution in [3.8, 4) is 22.3 Å². The van der Waals surface area contributed by atoms with Crippen LogP contribution in [0.25, 0.3) is 74.7 Å². The molecule has 222 valence electrons. The lowest BCUT2D eigenvalue weighted by molar-refractivity contribution is 0.00578. The Hall–Kier alpha value is -4.48. The Bertz CT molecular complexity index is 2430. The summed E-state index contributed by atoms with van der Waals surface area (Å²) in [5, 5.41) is 9.89. The first-order valence-electron chi connectivity index (χ1n) is 16.0. The normalized spacial score (nSPS) is 16.0. The Morgan fingerprint density at radius 2 is 0.913 bits per heavy atom. The van der Waals surface area contributed by atoms with E-state index in [0.29, 0.717) is 0 Å². The van der Waals surface area contributed by atoms with Gasteiger partial charge < -0.3 is 9.31 Å². The van der Waals surface area contributed by atoms with Crippen LogP contribution in [-0.4, -0.2) is 18.3 Å². The van der Waals surface area contributed by atoms with E-state index < -0.39 is 18.3 Å². The summed E-state index contributed by atoms with van der Waals surface area (Å²) in [4.78, 5) is 0. The van der Waals surface area contributed by atoms with Crippen molar-refractivity contribution < 1.29 is 9.31 Å². The van der Waals surface area contributed by atoms with E-state index in [1.54, 1.807) is 0 Å². The quantitative estimate of drug-likeness (QED) is 0.146. The minimum absolute atomic E-state index is 0.429. The first kappa shape index (κ1) is 27.8. The van der Waals surface area contributed by atoms with Crippen molar-refractivity contribution in [2.24, 2.45) is 0 Å². The highest BCUT2D eigenvalue weighted by Gasteiger charge is 2.52. The summed E-state index contributed by atoms with van der Waals surface area (Å²) in [6.07, 6.45) is 0. The molecule has 2 heterocycles. The minimum Gasteiger partial charge on any atom is -0.399 e. The van der Waals surface area contributed by atoms with Crippen LogP contribution in [0, 0.1) is 0 Å². The van der Waals surface area contributed by atoms with Gasteiger partial charge in [0.25, 0.3) is 0 Å². The smallest absolute Gasteiger partial charge is 0.399 e. The molecule has 0 unspecified atom stereocenters. The predicted molar refractivity (Wildman–Crippen MR) is 198 cm³/mol. The van der Waals surface area contributed by atoms with Crippen molar-refractivity contribution in [1.82, 2.24) is 0 Å². The van der Waals surface area contributed by atoms with Gasteiger partial charge in [-0.3, -0.25) is 0 Å². The van der Waals surface area contributed by atoms with E-state index in [9.17, 15) is 0 Å². The van der Waals surface area contributed by atoms with Crippen molar-refractivity contribution >= 4 is 76.4 Å². The van der Waals surface area contributed by atoms with Crippen LogP contribution in [0.3, 0.4) is 0 Å². The Morgan fingerprint density at radius 3 is 1.54 bits per heavy atom. The monoisotopic (exact) mass is 612 g/mol. The fraction of sp³-hybridized carbons (Fsp3) is 0.143. The van der Waals surface area contributed by atoms with Gasteiger partial charge >= 0.3 is 7.12 Å². The maximum absolute atomic E-state index is 6.68. The topological polar surface area (TPSA) is 18.5 Å². The van der Waals surface area contributed by atoms with Gasteiger partial charge in [0.15, 0.2) is 0 Å². The fourth-order valence-electron chi connectivity index (χ4n) is 7.38. The van der Waals surface area contributed by atoms with Gasteiger partial charge in [0.05, 0.1) is 11.2 Å². The number of benzene rings is 7. The molecule has 0 radical (unpaired) electrons. The van der Waals surface area contributed by atoms with E-state index in [1.165, 1.54) is 64.0 Å². The lowest BCUT2D eigenvalue weighted by Gasteiger charge is -2.32. The zero-order valence-corrected chi connectivity index (χ0v) is 27.2. The SMILES string of the molecule is CC1(C)OB(c2c3ccccc3c(-c3ccc(-c4cccc5c4sc4ccccc45)c4ccccc34)c3ccccc23)OC1(C)C. The average molecular weight is 613 g/mol. The molecule has 0 aliphatic carbocycles. The van der Waals surface area contributed by atoms with Gasteiger partial charge in [-0.05, 0) is 88.2 Å². The van der Waals surface area contributed by atoms with Crippen LogP contribution in [0.2, 0.25) is 0 Å². The minimum atomic E-state index is -0.463. The highest BCUT2D eigenvalue weighted by Crippen LogP contribution is 2.46. The molecule has 1 fully saturated rings. The standard InChI is InChI=1S/C42H33BO2S/c1-41(2)42(3,4)45-43(44-41)39-33-19-9-7-17-30(33)38(31-18-8-10-20-34(31)39)32-25-24-28(26-14-5-6-15-27(26)32)35-21-13-22-36-29-16-11-12-23-37(29)46-40(35)36/h5-25H,1-4H3. The first-order chi connectivity index (χ1) is 22.3. The molecule has 7 aromatic carbocycles. The number of hydrogen-bond donors (Lipinski definition) is 0. The highest BCUT2D eigenvalue weighted by atomic mass is 32.1. The van der Waals surface area contributed by atoms with E-state index in [-0.39, 0.29) is 0 Å². The molecule has 0 atom stereocenters. The molecule has 0 N–H and O–H groups in total. The summed E-state index contributed by atoms with van der Waals surface area (Å²) < 4.78 is 16.0. The highest BCUT2D eigenvalue weighted by molar-refractivity contribution is 7.26. The van der Waals surface area contributed by atoms with Crippen LogP contribution in [0.5, 0.6) is 0 Å². The maximum atomic E-state index is 6.68. The van der Waals surface area contributed by atoms with Gasteiger partial charge in [-0.1, -0.05) is 121 Å². The Balaban J connectivity index is 1.32. The van der Waals surface area contributed by atoms with Gasteiger partial charge in [-0.25, -0.2) is 0 Å². The predicted octanol–water partition coefficient (Wildman–Crippen LogP) is 11.1. The Morgan fingerprint density at radius 1 is 0.435 bits per heavy atom. The molecule has 2 nitrogen and oxygen atoms in total. The van der Waals surface area contributed by atoms with Crippen LogP contribution in [0.4, 0.5) is 0 Å². The fourth-order valence-corrected chi connectivity index (χ4v) is 8.61. The Kier molecular flexibility index (Phi) is 6.05. The van der Waals surface area contributed by atoms with Crippen molar-refractivity contribution in [1.29, 1.82) is 0 Å². The van der Waals surface area contributed by atoms with Gasteiger partial charge in [0, 0.05) is 25.7 Å². The molecular weight excluding hydrogens is 579 g/mol. The van der Waals surface area contributed by atoms with Crippen molar-refractivity contribution in [3.63, 3.8) is 0 Å². The molecule has 4 heteroatoms. The zero-order valence-electron chi connectivity index (χ0n) is 26.4. The van der Waals surface area contributed by atoms with E-state index in [4.69, 9.17) is 9.31 Å². The van der Waals surface area contributed by atoms with E-state index in [2.05, 4.69) is 155 Å². The lowest BCUT2D eigenvalue weighted by atomic mass is 9.71. The summed E-state index contributed by atoms with van der Waals surface area (Å²) in [5.74, 6) is 0. The number of thiophene rings is 1. The van der Waals surface area contributed by atoms with Crippen LogP contribution in [-0.2, 0) is 9.31 Å². The van der Waals surface area contributed by atoms with E-state index in [1.807, 2.05) is 11.3 Å². The zero-order chi connectivity index (χ0) is 31.2. The summed E-state index contributed by atoms with van der Waals surface area (Å²) in [7, 11) is -0.463. The largest absolute Gasteiger partial charge is 0.496 e. The summed E-state index contributed by atoms with van der Waals surface area (Å²) in [6.45, 7) is 8.50. The van der Waals surface area contributed by atoms with Crippen molar-refractivity contribution in [2.75, 3.05) is 0 Å². The van der Waals surface area contributed by atoms with Crippen molar-refractivity contribution in [3.05, 3.63) is 127 Å². The molecule has 8 aromatic rings. The number of hydrogen-bond acceptors (Lipinski definition) is 3. The summed E-state index contributed by atoms with van der Waals surface area (Å²) in [6, 6.07) is 46.6. The molecule has 0 spiro atoms. The van der Waals surface area contributed by atoms with Crippen LogP contribution < -0.4 is 5.46 Å². The molecule has 1 aliphatic heterocycles. The number of rotatable bonds is 3. The van der Waals surface area contributed by atoms with Crippen LogP contribution in [0.15, 0.2) is 127 Å². The molecule has 1 aromatic heterocycles. The lowest BCUT2D eigenvalue weighted by Crippen LogP contribution is -2.41. The van der Waals surface area contributed by atoms with Gasteiger partial charge in [0.2, 0.25) is 0 Å². The molecule has 0 saturated carbocycles. The second kappa shape index (κ2) is 10.0. The molecular formula is C42H33BO2S. The summed E-state index contributed by atoms with van der Waals surface area (Å²) >= 11 is 1.89. The molecule has 9 rings (SSSR count). The van der Waals surface area contributed by atoms with Crippen molar-refractivity contribution in [2.45, 2.75) is 38.9 Å². The Labute approximate surface area is 273 Å². The van der Waals surface area contributed by atoms with Gasteiger partial charge in [-0.15, -0.1) is 11.3 Å². The van der Waals surface area contributed by atoms with Gasteiger partial charge in [0.1, 0.15) is 0 Å². The molecule has 1 aliphatic rings. The first-order valence-corrected chi connectivity index (χ1v) is 16.9. The molecule has 0 amide bonds. The molecule has 0 bridgehead atoms. The molecule has 46 heavy (non-hydrogen) atoms. The number of fused-ring (bicyclic) bond motifs is 6. The second-order valence-corrected chi connectivity index (χ2v) is 14.5. The third kappa shape index (κ3) is 3.97. The van der Waals surface area contributed by atoms with Crippen LogP contribution >= 0.6 is 11.3 Å².